The molecule has 29 heavy (non-hydrogen) atoms. The molecular weight excluding hydrogens is 489 g/mol. The van der Waals surface area contributed by atoms with E-state index in [-0.39, 0.29) is 59.1 Å². The molecule has 0 saturated heterocycles. The maximum Gasteiger partial charge on any atom is 0.163 e. The minimum atomic E-state index is 0. The summed E-state index contributed by atoms with van der Waals surface area (Å²) in [7, 11) is 0. The topological polar surface area (TPSA) is 57.5 Å². The Kier molecular flexibility index (Phi) is 6.67. The van der Waals surface area contributed by atoms with Crippen molar-refractivity contribution in [2.75, 3.05) is 6.61 Å². The monoisotopic (exact) mass is 525 g/mol. The molecule has 0 bridgehead atoms. The number of ketones is 1. The van der Waals surface area contributed by atoms with Crippen molar-refractivity contribution < 1.29 is 56.3 Å². The molecule has 1 aromatic rings. The number of Topliss-reactive ketones (excluding diaryl/α,β-unsaturated/α-hetero) is 1. The summed E-state index contributed by atoms with van der Waals surface area (Å²) in [6.45, 7) is 13.4. The summed E-state index contributed by atoms with van der Waals surface area (Å²) in [5.41, 5.74) is 5.10. The number of benzene rings is 1. The molecule has 0 aliphatic heterocycles. The van der Waals surface area contributed by atoms with Gasteiger partial charge >= 0.3 is 0 Å². The second-order valence-electron chi connectivity index (χ2n) is 10.5. The van der Waals surface area contributed by atoms with Crippen LogP contribution in [-0.2, 0) is 0 Å². The zero-order valence-corrected chi connectivity index (χ0v) is 22.6. The van der Waals surface area contributed by atoms with Crippen LogP contribution in [0.2, 0.25) is 0 Å². The fraction of sp³-hybridized carbons (Fsp3) is 0.720. The minimum Gasteiger partial charge on any atom is -0.507 e. The second kappa shape index (κ2) is 8.17. The smallest absolute Gasteiger partial charge is 0.163 e. The van der Waals surface area contributed by atoms with E-state index in [4.69, 9.17) is 0 Å². The molecule has 2 N–H and O–H groups in total. The maximum absolute atomic E-state index is 13.3. The zero-order chi connectivity index (χ0) is 20.5. The van der Waals surface area contributed by atoms with Crippen LogP contribution >= 0.6 is 0 Å². The van der Waals surface area contributed by atoms with Crippen LogP contribution in [0.15, 0.2) is 0 Å². The average molecular weight is 525 g/mol. The Bertz CT molecular complexity index is 832. The molecule has 0 spiro atoms. The van der Waals surface area contributed by atoms with Gasteiger partial charge in [0.25, 0.3) is 0 Å². The van der Waals surface area contributed by atoms with Crippen molar-refractivity contribution in [2.45, 2.75) is 73.1 Å². The normalized spacial score (nSPS) is 38.1. The molecule has 4 rings (SSSR count). The van der Waals surface area contributed by atoms with Crippen LogP contribution in [0.25, 0.3) is 0 Å². The van der Waals surface area contributed by atoms with Crippen molar-refractivity contribution in [1.29, 1.82) is 0 Å². The van der Waals surface area contributed by atoms with E-state index in [2.05, 4.69) is 27.7 Å². The number of aromatic hydroxyl groups is 1. The standard InChI is InChI=1S/C25H36O3.Pr/c1-12-9-19-17-10-20(27)22-16(5)24(28)15(4)14(3)23(22)21(17)13(2)11-25(19,6)18(12)7-8-26;/h12-13,17-19,21,26,28H,7-11H2,1-6H3;/t12?,13?,17?,18-,19?,21?,25?;/m0./s1. The Hall–Kier alpha value is 0.0136. The Morgan fingerprint density at radius 1 is 1.07 bits per heavy atom. The molecule has 3 aliphatic rings. The summed E-state index contributed by atoms with van der Waals surface area (Å²) in [5.74, 6) is 3.53. The van der Waals surface area contributed by atoms with Gasteiger partial charge in [0.15, 0.2) is 5.78 Å². The number of phenols is 1. The molecule has 157 valence electrons. The molecule has 1 radical (unpaired) electrons. The molecule has 4 heteroatoms. The van der Waals surface area contributed by atoms with E-state index >= 15 is 0 Å². The van der Waals surface area contributed by atoms with Gasteiger partial charge in [0.05, 0.1) is 0 Å². The number of hydrogen-bond donors (Lipinski definition) is 2. The van der Waals surface area contributed by atoms with Gasteiger partial charge in [-0.1, -0.05) is 20.8 Å². The van der Waals surface area contributed by atoms with Crippen LogP contribution in [-0.4, -0.2) is 22.6 Å². The van der Waals surface area contributed by atoms with Crippen LogP contribution < -0.4 is 0 Å². The van der Waals surface area contributed by atoms with Crippen LogP contribution in [0.5, 0.6) is 5.75 Å². The molecule has 2 saturated carbocycles. The van der Waals surface area contributed by atoms with E-state index in [1.807, 2.05) is 13.8 Å². The largest absolute Gasteiger partial charge is 0.507 e. The molecular formula is C25H36O3Pr. The van der Waals surface area contributed by atoms with E-state index in [0.29, 0.717) is 47.7 Å². The molecule has 0 heterocycles. The van der Waals surface area contributed by atoms with Gasteiger partial charge in [-0.25, -0.2) is 0 Å². The van der Waals surface area contributed by atoms with Gasteiger partial charge in [0.1, 0.15) is 5.75 Å². The molecule has 0 aromatic heterocycles. The Morgan fingerprint density at radius 3 is 2.34 bits per heavy atom. The third-order valence-corrected chi connectivity index (χ3v) is 9.15. The number of aliphatic hydroxyl groups is 1. The van der Waals surface area contributed by atoms with Crippen molar-refractivity contribution in [3.8, 4) is 5.75 Å². The van der Waals surface area contributed by atoms with Gasteiger partial charge in [-0.15, -0.1) is 0 Å². The molecule has 1 aromatic carbocycles. The summed E-state index contributed by atoms with van der Waals surface area (Å²) in [4.78, 5) is 13.3. The predicted octanol–water partition coefficient (Wildman–Crippen LogP) is 5.30. The van der Waals surface area contributed by atoms with Crippen molar-refractivity contribution in [3.63, 3.8) is 0 Å². The van der Waals surface area contributed by atoms with E-state index in [0.717, 1.165) is 28.7 Å². The molecule has 6 unspecified atom stereocenters. The first kappa shape index (κ1) is 23.7. The van der Waals surface area contributed by atoms with Crippen molar-refractivity contribution in [2.24, 2.45) is 35.0 Å². The van der Waals surface area contributed by atoms with Crippen LogP contribution in [0, 0.1) is 97.1 Å². The number of aliphatic hydroxyl groups excluding tert-OH is 1. The Balaban J connectivity index is 0.00000240. The third kappa shape index (κ3) is 3.28. The summed E-state index contributed by atoms with van der Waals surface area (Å²) in [6, 6.07) is 0. The molecule has 0 amide bonds. The molecule has 3 nitrogen and oxygen atoms in total. The summed E-state index contributed by atoms with van der Waals surface area (Å²) >= 11 is 0. The van der Waals surface area contributed by atoms with Crippen LogP contribution in [0.3, 0.4) is 0 Å². The van der Waals surface area contributed by atoms with Gasteiger partial charge < -0.3 is 10.2 Å². The minimum absolute atomic E-state index is 0. The van der Waals surface area contributed by atoms with Crippen molar-refractivity contribution in [3.05, 3.63) is 27.8 Å². The molecule has 2 fully saturated rings. The van der Waals surface area contributed by atoms with Crippen LogP contribution in [0.1, 0.15) is 85.0 Å². The molecule has 3 aliphatic carbocycles. The number of phenolic OH excluding ortho intramolecular Hbond substituents is 1. The van der Waals surface area contributed by atoms with Crippen molar-refractivity contribution >= 4 is 5.78 Å². The maximum atomic E-state index is 13.3. The molecule has 7 atom stereocenters. The van der Waals surface area contributed by atoms with Gasteiger partial charge in [-0.2, -0.15) is 0 Å². The number of hydrogen-bond acceptors (Lipinski definition) is 3. The Morgan fingerprint density at radius 2 is 1.72 bits per heavy atom. The van der Waals surface area contributed by atoms with Gasteiger partial charge in [-0.05, 0) is 97.6 Å². The first-order chi connectivity index (χ1) is 13.1. The van der Waals surface area contributed by atoms with E-state index in [1.165, 1.54) is 18.4 Å². The van der Waals surface area contributed by atoms with E-state index < -0.39 is 0 Å². The first-order valence-electron chi connectivity index (χ1n) is 11.1. The van der Waals surface area contributed by atoms with Crippen LogP contribution in [0.4, 0.5) is 0 Å². The van der Waals surface area contributed by atoms with Crippen molar-refractivity contribution in [1.82, 2.24) is 0 Å². The second-order valence-corrected chi connectivity index (χ2v) is 10.5. The summed E-state index contributed by atoms with van der Waals surface area (Å²) < 4.78 is 0. The zero-order valence-electron chi connectivity index (χ0n) is 18.9. The SMILES string of the molecule is Cc1c(C)c2c(c(C)c1O)C(=O)CC1C2C(C)CC2(C)C1CC(C)[C@@H]2CCO.[Pr]. The van der Waals surface area contributed by atoms with Gasteiger partial charge in [-0.3, -0.25) is 4.79 Å². The number of carbonyl (C=O) groups excluding carboxylic acids is 1. The summed E-state index contributed by atoms with van der Waals surface area (Å²) in [5, 5.41) is 20.2. The summed E-state index contributed by atoms with van der Waals surface area (Å²) in [6.07, 6.45) is 3.84. The van der Waals surface area contributed by atoms with Gasteiger partial charge in [0.2, 0.25) is 0 Å². The van der Waals surface area contributed by atoms with E-state index in [1.54, 1.807) is 0 Å². The number of fused-ring (bicyclic) bond motifs is 5. The Labute approximate surface area is 209 Å². The fourth-order valence-electron chi connectivity index (χ4n) is 8.00. The fourth-order valence-corrected chi connectivity index (χ4v) is 8.00. The quantitative estimate of drug-likeness (QED) is 0.551. The number of carbonyl (C=O) groups is 1. The average Bonchev–Trinajstić information content (AvgIpc) is 2.88. The predicted molar refractivity (Wildman–Crippen MR) is 112 cm³/mol. The third-order valence-electron chi connectivity index (χ3n) is 9.15. The van der Waals surface area contributed by atoms with E-state index in [9.17, 15) is 15.0 Å². The van der Waals surface area contributed by atoms with Gasteiger partial charge in [0, 0.05) is 65.4 Å². The first-order valence-corrected chi connectivity index (χ1v) is 11.1. The number of rotatable bonds is 2.